The summed E-state index contributed by atoms with van der Waals surface area (Å²) in [5.41, 5.74) is 2.25. The standard InChI is InChI=1S/C28H37N3O7/c1-18(2)28(33)30(12-13-34-3)17-27(32)31-23(19-8-11-24(36-5)26(14-19)38-7)16-22(29-31)21-10-9-20(35-4)15-25(21)37-6/h8-11,14-15,18,23H,12-13,16-17H2,1-7H3. The quantitative estimate of drug-likeness (QED) is 0.416. The van der Waals surface area contributed by atoms with Crippen LogP contribution in [-0.2, 0) is 14.3 Å². The van der Waals surface area contributed by atoms with E-state index in [-0.39, 0.29) is 24.3 Å². The van der Waals surface area contributed by atoms with Crippen molar-refractivity contribution in [2.24, 2.45) is 11.0 Å². The van der Waals surface area contributed by atoms with Gasteiger partial charge in [0.05, 0.1) is 46.8 Å². The molecule has 10 heteroatoms. The highest BCUT2D eigenvalue weighted by Crippen LogP contribution is 2.39. The molecule has 0 aromatic heterocycles. The van der Waals surface area contributed by atoms with Crippen LogP contribution in [0.5, 0.6) is 23.0 Å². The summed E-state index contributed by atoms with van der Waals surface area (Å²) in [6.07, 6.45) is 0.431. The second-order valence-electron chi connectivity index (χ2n) is 9.09. The number of amides is 2. The second kappa shape index (κ2) is 13.1. The second-order valence-corrected chi connectivity index (χ2v) is 9.09. The van der Waals surface area contributed by atoms with Gasteiger partial charge in [0, 0.05) is 37.6 Å². The molecule has 0 radical (unpaired) electrons. The monoisotopic (exact) mass is 527 g/mol. The smallest absolute Gasteiger partial charge is 0.262 e. The predicted octanol–water partition coefficient (Wildman–Crippen LogP) is 3.53. The Balaban J connectivity index is 2.02. The summed E-state index contributed by atoms with van der Waals surface area (Å²) in [5.74, 6) is 1.66. The first-order valence-electron chi connectivity index (χ1n) is 12.4. The first-order valence-corrected chi connectivity index (χ1v) is 12.4. The molecule has 1 heterocycles. The van der Waals surface area contributed by atoms with Crippen LogP contribution in [0, 0.1) is 5.92 Å². The molecule has 1 atom stereocenters. The Morgan fingerprint density at radius 1 is 0.947 bits per heavy atom. The van der Waals surface area contributed by atoms with Crippen LogP contribution in [-0.4, -0.2) is 82.7 Å². The minimum atomic E-state index is -0.428. The van der Waals surface area contributed by atoms with Crippen LogP contribution in [0.15, 0.2) is 41.5 Å². The molecule has 0 bridgehead atoms. The minimum absolute atomic E-state index is 0.124. The molecule has 0 N–H and O–H groups in total. The lowest BCUT2D eigenvalue weighted by atomic mass is 9.97. The number of hydrogen-bond donors (Lipinski definition) is 0. The molecule has 38 heavy (non-hydrogen) atoms. The molecule has 10 nitrogen and oxygen atoms in total. The normalized spacial score (nSPS) is 14.8. The van der Waals surface area contributed by atoms with Crippen LogP contribution in [0.1, 0.15) is 37.4 Å². The van der Waals surface area contributed by atoms with Crippen molar-refractivity contribution < 1.29 is 33.3 Å². The molecule has 1 aliphatic rings. The molecule has 0 saturated heterocycles. The molecule has 1 unspecified atom stereocenters. The van der Waals surface area contributed by atoms with Crippen LogP contribution >= 0.6 is 0 Å². The Bertz CT molecular complexity index is 1170. The van der Waals surface area contributed by atoms with E-state index in [1.54, 1.807) is 61.5 Å². The molecular weight excluding hydrogens is 490 g/mol. The molecule has 2 aromatic rings. The third-order valence-corrected chi connectivity index (χ3v) is 6.37. The SMILES string of the molecule is COCCN(CC(=O)N1N=C(c2ccc(OC)cc2OC)CC1c1ccc(OC)c(OC)c1)C(=O)C(C)C. The molecule has 2 aromatic carbocycles. The number of carbonyl (C=O) groups is 2. The van der Waals surface area contributed by atoms with E-state index in [2.05, 4.69) is 0 Å². The summed E-state index contributed by atoms with van der Waals surface area (Å²) >= 11 is 0. The maximum Gasteiger partial charge on any atom is 0.262 e. The third-order valence-electron chi connectivity index (χ3n) is 6.37. The first-order chi connectivity index (χ1) is 18.3. The van der Waals surface area contributed by atoms with Crippen molar-refractivity contribution in [1.82, 2.24) is 9.91 Å². The number of hydrazone groups is 1. The molecule has 0 aliphatic carbocycles. The summed E-state index contributed by atoms with van der Waals surface area (Å²) in [7, 11) is 7.86. The van der Waals surface area contributed by atoms with Crippen LogP contribution in [0.2, 0.25) is 0 Å². The molecule has 0 saturated carbocycles. The Hall–Kier alpha value is -3.79. The lowest BCUT2D eigenvalue weighted by molar-refractivity contribution is -0.143. The fourth-order valence-electron chi connectivity index (χ4n) is 4.33. The molecule has 0 spiro atoms. The van der Waals surface area contributed by atoms with E-state index in [4.69, 9.17) is 28.8 Å². The number of nitrogens with zero attached hydrogens (tertiary/aromatic N) is 3. The summed E-state index contributed by atoms with van der Waals surface area (Å²) < 4.78 is 27.0. The average molecular weight is 528 g/mol. The van der Waals surface area contributed by atoms with Crippen molar-refractivity contribution in [2.45, 2.75) is 26.3 Å². The zero-order chi connectivity index (χ0) is 27.8. The fourth-order valence-corrected chi connectivity index (χ4v) is 4.33. The van der Waals surface area contributed by atoms with Crippen molar-refractivity contribution in [3.05, 3.63) is 47.5 Å². The highest BCUT2D eigenvalue weighted by molar-refractivity contribution is 6.05. The lowest BCUT2D eigenvalue weighted by Crippen LogP contribution is -2.44. The zero-order valence-corrected chi connectivity index (χ0v) is 23.1. The van der Waals surface area contributed by atoms with E-state index in [1.165, 1.54) is 9.91 Å². The van der Waals surface area contributed by atoms with Crippen molar-refractivity contribution >= 4 is 17.5 Å². The van der Waals surface area contributed by atoms with E-state index < -0.39 is 6.04 Å². The van der Waals surface area contributed by atoms with Gasteiger partial charge < -0.3 is 28.6 Å². The van der Waals surface area contributed by atoms with Gasteiger partial charge in [0.1, 0.15) is 18.0 Å². The third kappa shape index (κ3) is 6.36. The van der Waals surface area contributed by atoms with Gasteiger partial charge in [-0.05, 0) is 29.8 Å². The molecule has 206 valence electrons. The van der Waals surface area contributed by atoms with Crippen molar-refractivity contribution in [3.8, 4) is 23.0 Å². The van der Waals surface area contributed by atoms with E-state index in [0.29, 0.717) is 48.3 Å². The van der Waals surface area contributed by atoms with E-state index in [0.717, 1.165) is 11.1 Å². The Morgan fingerprint density at radius 3 is 2.26 bits per heavy atom. The highest BCUT2D eigenvalue weighted by atomic mass is 16.5. The number of ether oxygens (including phenoxy) is 5. The van der Waals surface area contributed by atoms with Crippen LogP contribution in [0.3, 0.4) is 0 Å². The number of benzene rings is 2. The summed E-state index contributed by atoms with van der Waals surface area (Å²) in [5, 5.41) is 6.21. The average Bonchev–Trinajstić information content (AvgIpc) is 3.39. The minimum Gasteiger partial charge on any atom is -0.497 e. The number of hydrogen-bond acceptors (Lipinski definition) is 8. The Labute approximate surface area is 224 Å². The molecule has 1 aliphatic heterocycles. The summed E-state index contributed by atoms with van der Waals surface area (Å²) in [6.45, 7) is 4.11. The maximum atomic E-state index is 13.7. The van der Waals surface area contributed by atoms with E-state index in [9.17, 15) is 9.59 Å². The Kier molecular flexibility index (Phi) is 9.95. The topological polar surface area (TPSA) is 99.1 Å². The molecule has 0 fully saturated rings. The first kappa shape index (κ1) is 28.8. The zero-order valence-electron chi connectivity index (χ0n) is 23.1. The molecular formula is C28H37N3O7. The van der Waals surface area contributed by atoms with Crippen LogP contribution in [0.25, 0.3) is 0 Å². The number of rotatable bonds is 12. The maximum absolute atomic E-state index is 13.7. The summed E-state index contributed by atoms with van der Waals surface area (Å²) in [4.78, 5) is 28.1. The van der Waals surface area contributed by atoms with Crippen molar-refractivity contribution in [2.75, 3.05) is 55.2 Å². The van der Waals surface area contributed by atoms with E-state index in [1.807, 2.05) is 24.3 Å². The van der Waals surface area contributed by atoms with Crippen molar-refractivity contribution in [3.63, 3.8) is 0 Å². The van der Waals surface area contributed by atoms with Crippen LogP contribution < -0.4 is 18.9 Å². The van der Waals surface area contributed by atoms with Gasteiger partial charge in [0.15, 0.2) is 11.5 Å². The predicted molar refractivity (Wildman–Crippen MR) is 143 cm³/mol. The molecule has 2 amide bonds. The van der Waals surface area contributed by atoms with Gasteiger partial charge in [-0.2, -0.15) is 5.10 Å². The van der Waals surface area contributed by atoms with Crippen molar-refractivity contribution in [1.29, 1.82) is 0 Å². The van der Waals surface area contributed by atoms with Gasteiger partial charge in [-0.1, -0.05) is 19.9 Å². The van der Waals surface area contributed by atoms with Gasteiger partial charge in [-0.15, -0.1) is 0 Å². The van der Waals surface area contributed by atoms with Gasteiger partial charge in [-0.25, -0.2) is 5.01 Å². The number of carbonyl (C=O) groups excluding carboxylic acids is 2. The number of methoxy groups -OCH3 is 5. The van der Waals surface area contributed by atoms with Gasteiger partial charge in [-0.3, -0.25) is 9.59 Å². The van der Waals surface area contributed by atoms with Gasteiger partial charge in [0.25, 0.3) is 5.91 Å². The molecule has 3 rings (SSSR count). The lowest BCUT2D eigenvalue weighted by Gasteiger charge is -2.28. The van der Waals surface area contributed by atoms with Gasteiger partial charge >= 0.3 is 0 Å². The highest BCUT2D eigenvalue weighted by Gasteiger charge is 2.36. The van der Waals surface area contributed by atoms with Gasteiger partial charge in [0.2, 0.25) is 5.91 Å². The largest absolute Gasteiger partial charge is 0.497 e. The fraction of sp³-hybridized carbons (Fsp3) is 0.464. The van der Waals surface area contributed by atoms with E-state index >= 15 is 0 Å². The summed E-state index contributed by atoms with van der Waals surface area (Å²) in [6, 6.07) is 10.6. The van der Waals surface area contributed by atoms with Crippen LogP contribution in [0.4, 0.5) is 0 Å². The Morgan fingerprint density at radius 2 is 1.66 bits per heavy atom.